The van der Waals surface area contributed by atoms with E-state index in [4.69, 9.17) is 4.74 Å². The SMILES string of the molecule is Cc1cc(C)cc(NC(=O)COC(=O)C2CCN(C(=O)c3ccc(F)cc3F)CC2)c1. The summed E-state index contributed by atoms with van der Waals surface area (Å²) in [6, 6.07) is 8.44. The molecule has 0 unspecified atom stereocenters. The van der Waals surface area contributed by atoms with Crippen molar-refractivity contribution in [1.29, 1.82) is 0 Å². The summed E-state index contributed by atoms with van der Waals surface area (Å²) in [4.78, 5) is 38.2. The lowest BCUT2D eigenvalue weighted by Crippen LogP contribution is -2.41. The molecule has 6 nitrogen and oxygen atoms in total. The van der Waals surface area contributed by atoms with E-state index in [0.29, 0.717) is 24.6 Å². The molecule has 0 aromatic heterocycles. The molecule has 164 valence electrons. The van der Waals surface area contributed by atoms with Crippen molar-refractivity contribution < 1.29 is 27.9 Å². The smallest absolute Gasteiger partial charge is 0.309 e. The van der Waals surface area contributed by atoms with Crippen molar-refractivity contribution in [2.45, 2.75) is 26.7 Å². The number of benzene rings is 2. The first-order valence-corrected chi connectivity index (χ1v) is 10.0. The number of likely N-dealkylation sites (tertiary alicyclic amines) is 1. The summed E-state index contributed by atoms with van der Waals surface area (Å²) >= 11 is 0. The van der Waals surface area contributed by atoms with Gasteiger partial charge in [0.05, 0.1) is 11.5 Å². The highest BCUT2D eigenvalue weighted by molar-refractivity contribution is 5.95. The molecule has 0 radical (unpaired) electrons. The Balaban J connectivity index is 1.46. The maximum absolute atomic E-state index is 13.8. The van der Waals surface area contributed by atoms with Crippen LogP contribution in [-0.2, 0) is 14.3 Å². The largest absolute Gasteiger partial charge is 0.455 e. The van der Waals surface area contributed by atoms with Gasteiger partial charge in [0.2, 0.25) is 0 Å². The van der Waals surface area contributed by atoms with Crippen LogP contribution < -0.4 is 5.32 Å². The van der Waals surface area contributed by atoms with E-state index in [-0.39, 0.29) is 18.7 Å². The fourth-order valence-corrected chi connectivity index (χ4v) is 3.65. The first-order valence-electron chi connectivity index (χ1n) is 10.0. The topological polar surface area (TPSA) is 75.7 Å². The van der Waals surface area contributed by atoms with Gasteiger partial charge in [0.15, 0.2) is 6.61 Å². The molecule has 1 aliphatic rings. The molecule has 8 heteroatoms. The third-order valence-electron chi connectivity index (χ3n) is 5.13. The van der Waals surface area contributed by atoms with E-state index in [1.54, 1.807) is 0 Å². The summed E-state index contributed by atoms with van der Waals surface area (Å²) in [6.45, 7) is 3.93. The van der Waals surface area contributed by atoms with E-state index in [2.05, 4.69) is 5.32 Å². The predicted molar refractivity (Wildman–Crippen MR) is 110 cm³/mol. The average Bonchev–Trinajstić information content (AvgIpc) is 2.71. The number of hydrogen-bond acceptors (Lipinski definition) is 4. The molecular weight excluding hydrogens is 406 g/mol. The number of piperidine rings is 1. The standard InChI is InChI=1S/C23H24F2N2O4/c1-14-9-15(2)11-18(10-14)26-21(28)13-31-23(30)16-5-7-27(8-6-16)22(29)19-4-3-17(24)12-20(19)25/h3-4,9-12,16H,5-8,13H2,1-2H3,(H,26,28). The Kier molecular flexibility index (Phi) is 6.99. The number of hydrogen-bond donors (Lipinski definition) is 1. The number of nitrogens with zero attached hydrogens (tertiary/aromatic N) is 1. The van der Waals surface area contributed by atoms with E-state index < -0.39 is 41.9 Å². The van der Waals surface area contributed by atoms with Gasteiger partial charge in [0.1, 0.15) is 11.6 Å². The van der Waals surface area contributed by atoms with Crippen molar-refractivity contribution in [1.82, 2.24) is 4.90 Å². The third kappa shape index (κ3) is 5.87. The number of carbonyl (C=O) groups excluding carboxylic acids is 3. The summed E-state index contributed by atoms with van der Waals surface area (Å²) < 4.78 is 32.0. The summed E-state index contributed by atoms with van der Waals surface area (Å²) in [6.07, 6.45) is 0.679. The number of anilines is 1. The molecule has 2 amide bonds. The fourth-order valence-electron chi connectivity index (χ4n) is 3.65. The third-order valence-corrected chi connectivity index (χ3v) is 5.13. The van der Waals surface area contributed by atoms with Gasteiger partial charge in [-0.1, -0.05) is 6.07 Å². The van der Waals surface area contributed by atoms with Crippen LogP contribution >= 0.6 is 0 Å². The van der Waals surface area contributed by atoms with Gasteiger partial charge in [-0.25, -0.2) is 8.78 Å². The highest BCUT2D eigenvalue weighted by atomic mass is 19.1. The molecule has 2 aromatic carbocycles. The maximum Gasteiger partial charge on any atom is 0.309 e. The number of carbonyl (C=O) groups is 3. The lowest BCUT2D eigenvalue weighted by atomic mass is 9.96. The van der Waals surface area contributed by atoms with Crippen LogP contribution in [0.5, 0.6) is 0 Å². The molecule has 1 saturated heterocycles. The van der Waals surface area contributed by atoms with Crippen molar-refractivity contribution in [3.63, 3.8) is 0 Å². The minimum atomic E-state index is -0.915. The second kappa shape index (κ2) is 9.68. The molecule has 31 heavy (non-hydrogen) atoms. The average molecular weight is 430 g/mol. The molecule has 1 fully saturated rings. The predicted octanol–water partition coefficient (Wildman–Crippen LogP) is 3.62. The number of amides is 2. The molecule has 0 bridgehead atoms. The van der Waals surface area contributed by atoms with Crippen LogP contribution in [0.4, 0.5) is 14.5 Å². The van der Waals surface area contributed by atoms with Gasteiger partial charge in [-0.15, -0.1) is 0 Å². The van der Waals surface area contributed by atoms with E-state index in [1.165, 1.54) is 4.90 Å². The number of nitrogens with one attached hydrogen (secondary N) is 1. The van der Waals surface area contributed by atoms with Crippen LogP contribution in [0.25, 0.3) is 0 Å². The molecule has 1 heterocycles. The number of ether oxygens (including phenoxy) is 1. The van der Waals surface area contributed by atoms with E-state index in [0.717, 1.165) is 23.3 Å². The van der Waals surface area contributed by atoms with E-state index >= 15 is 0 Å². The Morgan fingerprint density at radius 3 is 2.29 bits per heavy atom. The molecule has 0 atom stereocenters. The number of esters is 1. The fraction of sp³-hybridized carbons (Fsp3) is 0.348. The van der Waals surface area contributed by atoms with Crippen LogP contribution in [0.1, 0.15) is 34.3 Å². The van der Waals surface area contributed by atoms with Crippen LogP contribution in [0.15, 0.2) is 36.4 Å². The quantitative estimate of drug-likeness (QED) is 0.736. The Labute approximate surface area is 179 Å². The summed E-state index contributed by atoms with van der Waals surface area (Å²) in [5, 5.41) is 2.70. The van der Waals surface area contributed by atoms with E-state index in [9.17, 15) is 23.2 Å². The van der Waals surface area contributed by atoms with Gasteiger partial charge in [-0.3, -0.25) is 14.4 Å². The van der Waals surface area contributed by atoms with Crippen LogP contribution in [0.2, 0.25) is 0 Å². The summed E-state index contributed by atoms with van der Waals surface area (Å²) in [5.74, 6) is -3.60. The Hall–Kier alpha value is -3.29. The zero-order valence-corrected chi connectivity index (χ0v) is 17.4. The lowest BCUT2D eigenvalue weighted by Gasteiger charge is -2.31. The number of halogens is 2. The van der Waals surface area contributed by atoms with Crippen molar-refractivity contribution in [2.24, 2.45) is 5.92 Å². The zero-order valence-electron chi connectivity index (χ0n) is 17.4. The van der Waals surface area contributed by atoms with Gasteiger partial charge in [0, 0.05) is 24.8 Å². The van der Waals surface area contributed by atoms with Crippen molar-refractivity contribution in [3.8, 4) is 0 Å². The van der Waals surface area contributed by atoms with Gasteiger partial charge in [-0.2, -0.15) is 0 Å². The molecule has 2 aromatic rings. The lowest BCUT2D eigenvalue weighted by molar-refractivity contribution is -0.152. The Morgan fingerprint density at radius 2 is 1.68 bits per heavy atom. The molecule has 1 N–H and O–H groups in total. The van der Waals surface area contributed by atoms with Crippen LogP contribution in [0, 0.1) is 31.4 Å². The summed E-state index contributed by atoms with van der Waals surface area (Å²) in [7, 11) is 0. The molecule has 0 aliphatic carbocycles. The maximum atomic E-state index is 13.8. The Bertz CT molecular complexity index is 981. The number of rotatable bonds is 5. The normalized spacial score (nSPS) is 14.3. The zero-order chi connectivity index (χ0) is 22.5. The molecular formula is C23H24F2N2O4. The van der Waals surface area contributed by atoms with Crippen molar-refractivity contribution >= 4 is 23.5 Å². The van der Waals surface area contributed by atoms with Gasteiger partial charge in [-0.05, 0) is 62.1 Å². The number of aryl methyl sites for hydroxylation is 2. The van der Waals surface area contributed by atoms with Crippen LogP contribution in [0.3, 0.4) is 0 Å². The van der Waals surface area contributed by atoms with Gasteiger partial charge in [0.25, 0.3) is 11.8 Å². The highest BCUT2D eigenvalue weighted by Crippen LogP contribution is 2.22. The molecule has 1 aliphatic heterocycles. The first-order chi connectivity index (χ1) is 14.7. The Morgan fingerprint density at radius 1 is 1.03 bits per heavy atom. The summed E-state index contributed by atoms with van der Waals surface area (Å²) in [5.41, 5.74) is 2.45. The van der Waals surface area contributed by atoms with Gasteiger partial charge >= 0.3 is 5.97 Å². The minimum Gasteiger partial charge on any atom is -0.455 e. The van der Waals surface area contributed by atoms with Crippen molar-refractivity contribution in [3.05, 3.63) is 64.7 Å². The van der Waals surface area contributed by atoms with Gasteiger partial charge < -0.3 is 15.0 Å². The molecule has 0 spiro atoms. The second-order valence-corrected chi connectivity index (χ2v) is 7.72. The monoisotopic (exact) mass is 430 g/mol. The van der Waals surface area contributed by atoms with Crippen LogP contribution in [-0.4, -0.2) is 42.4 Å². The minimum absolute atomic E-state index is 0.203. The van der Waals surface area contributed by atoms with E-state index in [1.807, 2.05) is 32.0 Å². The molecule has 0 saturated carbocycles. The highest BCUT2D eigenvalue weighted by Gasteiger charge is 2.30. The second-order valence-electron chi connectivity index (χ2n) is 7.72. The molecule has 3 rings (SSSR count). The van der Waals surface area contributed by atoms with Crippen molar-refractivity contribution in [2.75, 3.05) is 25.0 Å². The first kappa shape index (κ1) is 22.4.